The molecule has 0 saturated carbocycles. The van der Waals surface area contributed by atoms with Crippen LogP contribution in [-0.2, 0) is 4.74 Å². The summed E-state index contributed by atoms with van der Waals surface area (Å²) in [6.45, 7) is 0. The van der Waals surface area contributed by atoms with Gasteiger partial charge < -0.3 is 4.74 Å². The quantitative estimate of drug-likeness (QED) is 0.526. The van der Waals surface area contributed by atoms with Gasteiger partial charge in [-0.15, -0.1) is 0 Å². The molecule has 1 atom stereocenters. The Bertz CT molecular complexity index is 997. The first-order valence-corrected chi connectivity index (χ1v) is 8.20. The number of benzene rings is 2. The van der Waals surface area contributed by atoms with Crippen LogP contribution in [0.3, 0.4) is 0 Å². The molecule has 5 nitrogen and oxygen atoms in total. The molecule has 4 rings (SSSR count). The summed E-state index contributed by atoms with van der Waals surface area (Å²) in [5.74, 6) is -0.539. The van der Waals surface area contributed by atoms with Crippen molar-refractivity contribution in [3.63, 3.8) is 0 Å². The number of rotatable bonds is 4. The first kappa shape index (κ1) is 15.9. The second-order valence-electron chi connectivity index (χ2n) is 5.69. The largest absolute Gasteiger partial charge is 0.446 e. The maximum absolute atomic E-state index is 12.7. The molecule has 0 N–H and O–H groups in total. The zero-order valence-corrected chi connectivity index (χ0v) is 13.8. The molecule has 0 radical (unpaired) electrons. The maximum Gasteiger partial charge on any atom is 0.359 e. The molecule has 0 bridgehead atoms. The van der Waals surface area contributed by atoms with Crippen molar-refractivity contribution >= 4 is 17.0 Å². The van der Waals surface area contributed by atoms with E-state index in [1.54, 1.807) is 6.20 Å². The fourth-order valence-corrected chi connectivity index (χ4v) is 2.68. The highest BCUT2D eigenvalue weighted by Crippen LogP contribution is 2.25. The SMILES string of the molecule is O=C(O[C@H](c1ccccc1)c1ccccn1)c1cnc2ccccc2n1. The normalized spacial score (nSPS) is 11.8. The molecule has 0 aliphatic heterocycles. The van der Waals surface area contributed by atoms with Crippen molar-refractivity contribution in [2.24, 2.45) is 0 Å². The van der Waals surface area contributed by atoms with E-state index in [2.05, 4.69) is 15.0 Å². The minimum Gasteiger partial charge on any atom is -0.446 e. The summed E-state index contributed by atoms with van der Waals surface area (Å²) in [6, 6.07) is 22.4. The molecule has 26 heavy (non-hydrogen) atoms. The van der Waals surface area contributed by atoms with Crippen LogP contribution in [-0.4, -0.2) is 20.9 Å². The molecule has 126 valence electrons. The van der Waals surface area contributed by atoms with Crippen LogP contribution in [0.25, 0.3) is 11.0 Å². The third-order valence-electron chi connectivity index (χ3n) is 3.94. The van der Waals surface area contributed by atoms with E-state index in [1.165, 1.54) is 6.20 Å². The molecule has 0 spiro atoms. The van der Waals surface area contributed by atoms with E-state index >= 15 is 0 Å². The number of para-hydroxylation sites is 2. The van der Waals surface area contributed by atoms with Gasteiger partial charge in [-0.3, -0.25) is 9.97 Å². The average Bonchev–Trinajstić information content (AvgIpc) is 2.72. The molecule has 2 heterocycles. The van der Waals surface area contributed by atoms with Gasteiger partial charge in [0.2, 0.25) is 0 Å². The molecule has 2 aromatic heterocycles. The third kappa shape index (κ3) is 3.28. The fourth-order valence-electron chi connectivity index (χ4n) is 2.68. The van der Waals surface area contributed by atoms with Crippen LogP contribution in [0.5, 0.6) is 0 Å². The van der Waals surface area contributed by atoms with E-state index in [1.807, 2.05) is 72.8 Å². The highest BCUT2D eigenvalue weighted by Gasteiger charge is 2.22. The number of ether oxygens (including phenoxy) is 1. The minimum absolute atomic E-state index is 0.167. The molecule has 4 aromatic rings. The van der Waals surface area contributed by atoms with Crippen LogP contribution < -0.4 is 0 Å². The first-order valence-electron chi connectivity index (χ1n) is 8.20. The highest BCUT2D eigenvalue weighted by molar-refractivity contribution is 5.89. The van der Waals surface area contributed by atoms with E-state index in [-0.39, 0.29) is 5.69 Å². The second kappa shape index (κ2) is 7.11. The van der Waals surface area contributed by atoms with Crippen molar-refractivity contribution in [1.29, 1.82) is 0 Å². The van der Waals surface area contributed by atoms with Crippen molar-refractivity contribution in [1.82, 2.24) is 15.0 Å². The van der Waals surface area contributed by atoms with Gasteiger partial charge >= 0.3 is 5.97 Å². The predicted octanol–water partition coefficient (Wildman–Crippen LogP) is 3.97. The van der Waals surface area contributed by atoms with Gasteiger partial charge in [0.25, 0.3) is 0 Å². The summed E-state index contributed by atoms with van der Waals surface area (Å²) in [6.07, 6.45) is 2.50. The van der Waals surface area contributed by atoms with Crippen LogP contribution in [0.15, 0.2) is 85.2 Å². The smallest absolute Gasteiger partial charge is 0.359 e. The Labute approximate surface area is 150 Å². The minimum atomic E-state index is -0.613. The maximum atomic E-state index is 12.7. The summed E-state index contributed by atoms with van der Waals surface area (Å²) in [4.78, 5) is 25.7. The first-order chi connectivity index (χ1) is 12.8. The lowest BCUT2D eigenvalue weighted by atomic mass is 10.1. The third-order valence-corrected chi connectivity index (χ3v) is 3.94. The number of hydrogen-bond acceptors (Lipinski definition) is 5. The van der Waals surface area contributed by atoms with Crippen LogP contribution >= 0.6 is 0 Å². The Morgan fingerprint density at radius 2 is 1.54 bits per heavy atom. The number of nitrogens with zero attached hydrogens (tertiary/aromatic N) is 3. The summed E-state index contributed by atoms with van der Waals surface area (Å²) >= 11 is 0. The molecule has 0 amide bonds. The van der Waals surface area contributed by atoms with Gasteiger partial charge in [-0.05, 0) is 29.8 Å². The lowest BCUT2D eigenvalue weighted by Crippen LogP contribution is -2.15. The standard InChI is InChI=1S/C21H15N3O2/c25-21(19-14-23-16-10-4-5-11-17(16)24-19)26-20(15-8-2-1-3-9-15)18-12-6-7-13-22-18/h1-14,20H/t20-/m1/s1. The van der Waals surface area contributed by atoms with E-state index < -0.39 is 12.1 Å². The lowest BCUT2D eigenvalue weighted by molar-refractivity contribution is 0.0363. The van der Waals surface area contributed by atoms with Gasteiger partial charge in [-0.1, -0.05) is 48.5 Å². The van der Waals surface area contributed by atoms with Gasteiger partial charge in [-0.2, -0.15) is 0 Å². The topological polar surface area (TPSA) is 65.0 Å². The lowest BCUT2D eigenvalue weighted by Gasteiger charge is -2.17. The molecule has 0 fully saturated rings. The summed E-state index contributed by atoms with van der Waals surface area (Å²) in [7, 11) is 0. The number of aromatic nitrogens is 3. The molecule has 5 heteroatoms. The van der Waals surface area contributed by atoms with E-state index in [0.717, 1.165) is 11.1 Å². The molecular weight excluding hydrogens is 326 g/mol. The Hall–Kier alpha value is -3.60. The summed E-state index contributed by atoms with van der Waals surface area (Å²) < 4.78 is 5.75. The highest BCUT2D eigenvalue weighted by atomic mass is 16.5. The van der Waals surface area contributed by atoms with Crippen molar-refractivity contribution in [3.8, 4) is 0 Å². The second-order valence-corrected chi connectivity index (χ2v) is 5.69. The fraction of sp³-hybridized carbons (Fsp3) is 0.0476. The van der Waals surface area contributed by atoms with Gasteiger partial charge in [0.15, 0.2) is 11.8 Å². The number of carbonyl (C=O) groups is 1. The van der Waals surface area contributed by atoms with Crippen molar-refractivity contribution in [2.75, 3.05) is 0 Å². The van der Waals surface area contributed by atoms with Gasteiger partial charge in [0.1, 0.15) is 0 Å². The Morgan fingerprint density at radius 1 is 0.808 bits per heavy atom. The van der Waals surface area contributed by atoms with Crippen LogP contribution in [0.4, 0.5) is 0 Å². The van der Waals surface area contributed by atoms with Gasteiger partial charge in [-0.25, -0.2) is 9.78 Å². The zero-order chi connectivity index (χ0) is 17.8. The van der Waals surface area contributed by atoms with E-state index in [4.69, 9.17) is 4.74 Å². The molecule has 2 aromatic carbocycles. The van der Waals surface area contributed by atoms with Crippen LogP contribution in [0, 0.1) is 0 Å². The van der Waals surface area contributed by atoms with Crippen molar-refractivity contribution in [3.05, 3.63) is 102 Å². The van der Waals surface area contributed by atoms with Crippen molar-refractivity contribution in [2.45, 2.75) is 6.10 Å². The molecule has 0 saturated heterocycles. The number of hydrogen-bond donors (Lipinski definition) is 0. The Balaban J connectivity index is 1.67. The Morgan fingerprint density at radius 3 is 2.31 bits per heavy atom. The molecule has 0 unspecified atom stereocenters. The van der Waals surface area contributed by atoms with E-state index in [0.29, 0.717) is 11.2 Å². The monoisotopic (exact) mass is 341 g/mol. The van der Waals surface area contributed by atoms with Gasteiger partial charge in [0, 0.05) is 6.20 Å². The Kier molecular flexibility index (Phi) is 4.35. The number of pyridine rings is 1. The summed E-state index contributed by atoms with van der Waals surface area (Å²) in [5, 5.41) is 0. The van der Waals surface area contributed by atoms with Crippen LogP contribution in [0.1, 0.15) is 27.8 Å². The molecule has 0 aliphatic rings. The predicted molar refractivity (Wildman–Crippen MR) is 97.5 cm³/mol. The van der Waals surface area contributed by atoms with Gasteiger partial charge in [0.05, 0.1) is 22.9 Å². The summed E-state index contributed by atoms with van der Waals surface area (Å²) in [5.41, 5.74) is 3.04. The molecular formula is C21H15N3O2. The van der Waals surface area contributed by atoms with E-state index in [9.17, 15) is 4.79 Å². The zero-order valence-electron chi connectivity index (χ0n) is 13.8. The number of fused-ring (bicyclic) bond motifs is 1. The van der Waals surface area contributed by atoms with Crippen molar-refractivity contribution < 1.29 is 9.53 Å². The number of carbonyl (C=O) groups excluding carboxylic acids is 1. The molecule has 0 aliphatic carbocycles. The number of esters is 1. The van der Waals surface area contributed by atoms with Crippen LogP contribution in [0.2, 0.25) is 0 Å². The average molecular weight is 341 g/mol.